The van der Waals surface area contributed by atoms with Crippen molar-refractivity contribution < 1.29 is 19.4 Å². The first-order valence-electron chi connectivity index (χ1n) is 7.34. The second-order valence-electron chi connectivity index (χ2n) is 5.22. The Morgan fingerprint density at radius 3 is 2.61 bits per heavy atom. The lowest BCUT2D eigenvalue weighted by atomic mass is 10.1. The van der Waals surface area contributed by atoms with Gasteiger partial charge in [-0.15, -0.1) is 0 Å². The highest BCUT2D eigenvalue weighted by molar-refractivity contribution is 5.96. The van der Waals surface area contributed by atoms with E-state index in [1.54, 1.807) is 19.2 Å². The van der Waals surface area contributed by atoms with Crippen LogP contribution in [0.5, 0.6) is 17.2 Å². The Balaban J connectivity index is 1.94. The zero-order valence-electron chi connectivity index (χ0n) is 13.6. The molecular weight excluding hydrogens is 294 g/mol. The summed E-state index contributed by atoms with van der Waals surface area (Å²) in [5, 5.41) is 9.92. The van der Waals surface area contributed by atoms with Gasteiger partial charge in [-0.25, -0.2) is 0 Å². The number of carbonyl (C=O) groups is 1. The van der Waals surface area contributed by atoms with Gasteiger partial charge in [0.15, 0.2) is 0 Å². The van der Waals surface area contributed by atoms with Crippen LogP contribution in [-0.2, 0) is 0 Å². The predicted octanol–water partition coefficient (Wildman–Crippen LogP) is 2.86. The molecule has 23 heavy (non-hydrogen) atoms. The number of phenols is 1. The molecule has 122 valence electrons. The Bertz CT molecular complexity index is 684. The summed E-state index contributed by atoms with van der Waals surface area (Å²) in [6.45, 7) is 2.77. The van der Waals surface area contributed by atoms with E-state index in [4.69, 9.17) is 9.47 Å². The molecule has 5 nitrogen and oxygen atoms in total. The predicted molar refractivity (Wildman–Crippen MR) is 88.3 cm³/mol. The fourth-order valence-corrected chi connectivity index (χ4v) is 2.14. The van der Waals surface area contributed by atoms with E-state index in [9.17, 15) is 9.90 Å². The summed E-state index contributed by atoms with van der Waals surface area (Å²) < 4.78 is 10.7. The lowest BCUT2D eigenvalue weighted by Gasteiger charge is -2.18. The summed E-state index contributed by atoms with van der Waals surface area (Å²) in [6, 6.07) is 12.3. The number of amides is 1. The van der Waals surface area contributed by atoms with E-state index in [1.165, 1.54) is 18.1 Å². The minimum atomic E-state index is -0.265. The molecule has 0 radical (unpaired) electrons. The van der Waals surface area contributed by atoms with Crippen LogP contribution in [0.4, 0.5) is 0 Å². The van der Waals surface area contributed by atoms with E-state index in [1.807, 2.05) is 31.2 Å². The van der Waals surface area contributed by atoms with E-state index in [2.05, 4.69) is 0 Å². The highest BCUT2D eigenvalue weighted by Crippen LogP contribution is 2.24. The smallest absolute Gasteiger partial charge is 0.257 e. The number of hydrogen-bond donors (Lipinski definition) is 1. The fraction of sp³-hybridized carbons (Fsp3) is 0.278. The second kappa shape index (κ2) is 7.54. The molecule has 0 aromatic heterocycles. The first-order valence-corrected chi connectivity index (χ1v) is 7.34. The third kappa shape index (κ3) is 4.16. The van der Waals surface area contributed by atoms with Crippen LogP contribution in [-0.4, -0.2) is 43.2 Å². The minimum absolute atomic E-state index is 0.0963. The molecule has 0 saturated heterocycles. The van der Waals surface area contributed by atoms with Crippen LogP contribution >= 0.6 is 0 Å². The van der Waals surface area contributed by atoms with Gasteiger partial charge in [-0.1, -0.05) is 18.2 Å². The Hall–Kier alpha value is -2.69. The normalized spacial score (nSPS) is 10.2. The summed E-state index contributed by atoms with van der Waals surface area (Å²) in [4.78, 5) is 13.9. The third-order valence-corrected chi connectivity index (χ3v) is 3.56. The largest absolute Gasteiger partial charge is 0.507 e. The molecule has 2 aromatic rings. The molecular formula is C18H21NO4. The molecule has 2 rings (SSSR count). The van der Waals surface area contributed by atoms with E-state index in [0.29, 0.717) is 18.9 Å². The Kier molecular flexibility index (Phi) is 5.46. The molecule has 0 spiro atoms. The lowest BCUT2D eigenvalue weighted by molar-refractivity contribution is 0.0770. The van der Waals surface area contributed by atoms with Crippen molar-refractivity contribution in [1.29, 1.82) is 0 Å². The van der Waals surface area contributed by atoms with Crippen LogP contribution in [0.3, 0.4) is 0 Å². The van der Waals surface area contributed by atoms with Gasteiger partial charge in [-0.05, 0) is 30.7 Å². The number of hydrogen-bond acceptors (Lipinski definition) is 4. The average Bonchev–Trinajstić information content (AvgIpc) is 2.55. The van der Waals surface area contributed by atoms with Crippen LogP contribution in [0.2, 0.25) is 0 Å². The third-order valence-electron chi connectivity index (χ3n) is 3.56. The topological polar surface area (TPSA) is 59.0 Å². The number of ether oxygens (including phenoxy) is 2. The van der Waals surface area contributed by atoms with Crippen molar-refractivity contribution in [3.8, 4) is 17.2 Å². The Morgan fingerprint density at radius 1 is 1.22 bits per heavy atom. The molecule has 0 aliphatic heterocycles. The standard InChI is InChI=1S/C18H21NO4/c1-13-6-4-5-7-17(13)23-11-10-19(2)18(21)15-9-8-14(22-3)12-16(15)20/h4-9,12,20H,10-11H2,1-3H3. The van der Waals surface area contributed by atoms with Gasteiger partial charge in [-0.2, -0.15) is 0 Å². The number of aryl methyl sites for hydroxylation is 1. The fourth-order valence-electron chi connectivity index (χ4n) is 2.14. The molecule has 0 saturated carbocycles. The number of rotatable bonds is 6. The highest BCUT2D eigenvalue weighted by atomic mass is 16.5. The SMILES string of the molecule is COc1ccc(C(=O)N(C)CCOc2ccccc2C)c(O)c1. The van der Waals surface area contributed by atoms with Crippen molar-refractivity contribution in [1.82, 2.24) is 4.90 Å². The number of para-hydroxylation sites is 1. The second-order valence-corrected chi connectivity index (χ2v) is 5.22. The minimum Gasteiger partial charge on any atom is -0.507 e. The molecule has 1 amide bonds. The monoisotopic (exact) mass is 315 g/mol. The maximum absolute atomic E-state index is 12.3. The molecule has 0 fully saturated rings. The van der Waals surface area contributed by atoms with Gasteiger partial charge >= 0.3 is 0 Å². The molecule has 0 bridgehead atoms. The number of carbonyl (C=O) groups excluding carboxylic acids is 1. The van der Waals surface area contributed by atoms with E-state index in [-0.39, 0.29) is 17.2 Å². The zero-order chi connectivity index (χ0) is 16.8. The maximum atomic E-state index is 12.3. The van der Waals surface area contributed by atoms with Crippen molar-refractivity contribution in [2.24, 2.45) is 0 Å². The molecule has 0 unspecified atom stereocenters. The van der Waals surface area contributed by atoms with Gasteiger partial charge in [0.1, 0.15) is 23.9 Å². The number of phenolic OH excluding ortho intramolecular Hbond substituents is 1. The highest BCUT2D eigenvalue weighted by Gasteiger charge is 2.16. The molecule has 1 N–H and O–H groups in total. The van der Waals surface area contributed by atoms with Gasteiger partial charge in [0.2, 0.25) is 0 Å². The molecule has 2 aromatic carbocycles. The molecule has 0 atom stereocenters. The quantitative estimate of drug-likeness (QED) is 0.890. The van der Waals surface area contributed by atoms with Gasteiger partial charge in [0.05, 0.1) is 19.2 Å². The van der Waals surface area contributed by atoms with Crippen LogP contribution in [0.15, 0.2) is 42.5 Å². The average molecular weight is 315 g/mol. The van der Waals surface area contributed by atoms with Gasteiger partial charge in [0.25, 0.3) is 5.91 Å². The van der Waals surface area contributed by atoms with E-state index in [0.717, 1.165) is 11.3 Å². The Morgan fingerprint density at radius 2 is 1.96 bits per heavy atom. The first-order chi connectivity index (χ1) is 11.0. The van der Waals surface area contributed by atoms with Gasteiger partial charge in [0, 0.05) is 13.1 Å². The van der Waals surface area contributed by atoms with Crippen molar-refractivity contribution in [3.63, 3.8) is 0 Å². The van der Waals surface area contributed by atoms with Crippen LogP contribution in [0.25, 0.3) is 0 Å². The summed E-state index contributed by atoms with van der Waals surface area (Å²) in [7, 11) is 3.18. The van der Waals surface area contributed by atoms with Crippen LogP contribution in [0, 0.1) is 6.92 Å². The summed E-state index contributed by atoms with van der Waals surface area (Å²) in [6.07, 6.45) is 0. The summed E-state index contributed by atoms with van der Waals surface area (Å²) in [5.74, 6) is 0.949. The van der Waals surface area contributed by atoms with Gasteiger partial charge in [-0.3, -0.25) is 4.79 Å². The van der Waals surface area contributed by atoms with Crippen LogP contribution < -0.4 is 9.47 Å². The molecule has 0 aliphatic rings. The maximum Gasteiger partial charge on any atom is 0.257 e. The zero-order valence-corrected chi connectivity index (χ0v) is 13.6. The number of aromatic hydroxyl groups is 1. The number of methoxy groups -OCH3 is 1. The van der Waals surface area contributed by atoms with Crippen LogP contribution in [0.1, 0.15) is 15.9 Å². The molecule has 0 aliphatic carbocycles. The van der Waals surface area contributed by atoms with Crippen molar-refractivity contribution in [2.75, 3.05) is 27.3 Å². The molecule has 0 heterocycles. The van der Waals surface area contributed by atoms with Crippen molar-refractivity contribution >= 4 is 5.91 Å². The summed E-state index contributed by atoms with van der Waals surface area (Å²) >= 11 is 0. The number of likely N-dealkylation sites (N-methyl/N-ethyl adjacent to an activating group) is 1. The summed E-state index contributed by atoms with van der Waals surface area (Å²) in [5.41, 5.74) is 1.29. The number of nitrogens with zero attached hydrogens (tertiary/aromatic N) is 1. The Labute approximate surface area is 136 Å². The van der Waals surface area contributed by atoms with Gasteiger partial charge < -0.3 is 19.5 Å². The van der Waals surface area contributed by atoms with Crippen molar-refractivity contribution in [2.45, 2.75) is 6.92 Å². The number of benzene rings is 2. The molecule has 5 heteroatoms. The first kappa shape index (κ1) is 16.7. The van der Waals surface area contributed by atoms with E-state index >= 15 is 0 Å². The lowest BCUT2D eigenvalue weighted by Crippen LogP contribution is -2.31. The van der Waals surface area contributed by atoms with Crippen molar-refractivity contribution in [3.05, 3.63) is 53.6 Å². The van der Waals surface area contributed by atoms with E-state index < -0.39 is 0 Å².